The SMILES string of the molecule is N#CC1(C(O)c2ccccc2F)CC2CCC1O2. The van der Waals surface area contributed by atoms with Crippen molar-refractivity contribution in [2.45, 2.75) is 37.6 Å². The zero-order valence-corrected chi connectivity index (χ0v) is 9.84. The van der Waals surface area contributed by atoms with Gasteiger partial charge in [-0.25, -0.2) is 4.39 Å². The fraction of sp³-hybridized carbons (Fsp3) is 0.500. The number of hydrogen-bond donors (Lipinski definition) is 1. The summed E-state index contributed by atoms with van der Waals surface area (Å²) in [6.07, 6.45) is 0.822. The number of aliphatic hydroxyl groups is 1. The van der Waals surface area contributed by atoms with Crippen LogP contribution in [0.2, 0.25) is 0 Å². The molecule has 2 aliphatic rings. The van der Waals surface area contributed by atoms with Crippen LogP contribution in [0.3, 0.4) is 0 Å². The molecule has 0 spiro atoms. The fourth-order valence-electron chi connectivity index (χ4n) is 3.18. The topological polar surface area (TPSA) is 53.2 Å². The van der Waals surface area contributed by atoms with Crippen LogP contribution in [0.1, 0.15) is 30.9 Å². The van der Waals surface area contributed by atoms with Crippen LogP contribution in [0.15, 0.2) is 24.3 Å². The molecule has 0 saturated carbocycles. The average Bonchev–Trinajstić information content (AvgIpc) is 2.99. The molecular formula is C14H14FNO2. The quantitative estimate of drug-likeness (QED) is 0.872. The molecule has 18 heavy (non-hydrogen) atoms. The molecular weight excluding hydrogens is 233 g/mol. The number of nitrogens with zero attached hydrogens (tertiary/aromatic N) is 1. The molecule has 2 heterocycles. The van der Waals surface area contributed by atoms with E-state index in [9.17, 15) is 14.8 Å². The van der Waals surface area contributed by atoms with Crippen LogP contribution in [0, 0.1) is 22.6 Å². The highest BCUT2D eigenvalue weighted by Gasteiger charge is 2.57. The lowest BCUT2D eigenvalue weighted by molar-refractivity contribution is 0.00173. The number of hydrogen-bond acceptors (Lipinski definition) is 3. The van der Waals surface area contributed by atoms with Gasteiger partial charge in [-0.1, -0.05) is 18.2 Å². The van der Waals surface area contributed by atoms with Crippen molar-refractivity contribution in [3.05, 3.63) is 35.6 Å². The second-order valence-electron chi connectivity index (χ2n) is 5.10. The second-order valence-corrected chi connectivity index (χ2v) is 5.10. The Morgan fingerprint density at radius 3 is 2.78 bits per heavy atom. The van der Waals surface area contributed by atoms with Gasteiger partial charge < -0.3 is 9.84 Å². The second kappa shape index (κ2) is 4.04. The molecule has 2 fully saturated rings. The summed E-state index contributed by atoms with van der Waals surface area (Å²) in [6, 6.07) is 8.27. The van der Waals surface area contributed by atoms with Crippen molar-refractivity contribution in [1.29, 1.82) is 5.26 Å². The maximum absolute atomic E-state index is 13.7. The van der Waals surface area contributed by atoms with Gasteiger partial charge in [-0.05, 0) is 25.3 Å². The fourth-order valence-corrected chi connectivity index (χ4v) is 3.18. The van der Waals surface area contributed by atoms with Gasteiger partial charge in [0.25, 0.3) is 0 Å². The normalized spacial score (nSPS) is 35.4. The molecule has 4 unspecified atom stereocenters. The summed E-state index contributed by atoms with van der Waals surface area (Å²) in [5.41, 5.74) is -0.805. The molecule has 0 amide bonds. The van der Waals surface area contributed by atoms with E-state index in [1.165, 1.54) is 12.1 Å². The summed E-state index contributed by atoms with van der Waals surface area (Å²) in [5, 5.41) is 19.9. The third-order valence-corrected chi connectivity index (χ3v) is 4.14. The first kappa shape index (κ1) is 11.6. The summed E-state index contributed by atoms with van der Waals surface area (Å²) in [4.78, 5) is 0. The molecule has 1 N–H and O–H groups in total. The van der Waals surface area contributed by atoms with E-state index in [-0.39, 0.29) is 17.8 Å². The van der Waals surface area contributed by atoms with E-state index in [1.807, 2.05) is 0 Å². The number of nitriles is 1. The van der Waals surface area contributed by atoms with Crippen LogP contribution in [0.4, 0.5) is 4.39 Å². The van der Waals surface area contributed by atoms with Crippen LogP contribution in [-0.2, 0) is 4.74 Å². The molecule has 2 aliphatic heterocycles. The van der Waals surface area contributed by atoms with Gasteiger partial charge in [0.2, 0.25) is 0 Å². The average molecular weight is 247 g/mol. The minimum atomic E-state index is -1.13. The van der Waals surface area contributed by atoms with Gasteiger partial charge >= 0.3 is 0 Å². The summed E-state index contributed by atoms with van der Waals surface area (Å²) >= 11 is 0. The number of fused-ring (bicyclic) bond motifs is 2. The number of benzene rings is 1. The summed E-state index contributed by atoms with van der Waals surface area (Å²) in [5.74, 6) is -0.470. The third-order valence-electron chi connectivity index (χ3n) is 4.14. The summed E-state index contributed by atoms with van der Waals surface area (Å²) in [6.45, 7) is 0. The van der Waals surface area contributed by atoms with E-state index in [4.69, 9.17) is 4.74 Å². The first-order chi connectivity index (χ1) is 8.67. The molecule has 0 aromatic heterocycles. The highest BCUT2D eigenvalue weighted by molar-refractivity contribution is 5.28. The van der Waals surface area contributed by atoms with Crippen molar-refractivity contribution in [3.8, 4) is 6.07 Å². The van der Waals surface area contributed by atoms with Crippen LogP contribution >= 0.6 is 0 Å². The molecule has 2 saturated heterocycles. The Morgan fingerprint density at radius 1 is 1.44 bits per heavy atom. The monoisotopic (exact) mass is 247 g/mol. The summed E-state index contributed by atoms with van der Waals surface area (Å²) < 4.78 is 19.4. The third kappa shape index (κ3) is 1.48. The molecule has 1 aromatic rings. The largest absolute Gasteiger partial charge is 0.387 e. The molecule has 4 heteroatoms. The van der Waals surface area contributed by atoms with E-state index in [1.54, 1.807) is 12.1 Å². The van der Waals surface area contributed by atoms with Gasteiger partial charge in [0.1, 0.15) is 17.3 Å². The molecule has 94 valence electrons. The van der Waals surface area contributed by atoms with Gasteiger partial charge in [0, 0.05) is 5.56 Å². The van der Waals surface area contributed by atoms with E-state index >= 15 is 0 Å². The standard InChI is InChI=1S/C14H14FNO2/c15-11-4-2-1-3-10(11)13(17)14(8-16)7-9-5-6-12(14)18-9/h1-4,9,12-13,17H,5-7H2. The van der Waals surface area contributed by atoms with Crippen molar-refractivity contribution in [2.24, 2.45) is 5.41 Å². The van der Waals surface area contributed by atoms with Gasteiger partial charge in [-0.2, -0.15) is 5.26 Å². The molecule has 2 bridgehead atoms. The first-order valence-electron chi connectivity index (χ1n) is 6.16. The van der Waals surface area contributed by atoms with Crippen molar-refractivity contribution >= 4 is 0 Å². The van der Waals surface area contributed by atoms with Gasteiger partial charge in [-0.3, -0.25) is 0 Å². The maximum atomic E-state index is 13.7. The maximum Gasteiger partial charge on any atom is 0.129 e. The van der Waals surface area contributed by atoms with Crippen molar-refractivity contribution < 1.29 is 14.2 Å². The highest BCUT2D eigenvalue weighted by Crippen LogP contribution is 2.54. The smallest absolute Gasteiger partial charge is 0.129 e. The number of aliphatic hydroxyl groups excluding tert-OH is 1. The van der Waals surface area contributed by atoms with Crippen LogP contribution in [0.25, 0.3) is 0 Å². The van der Waals surface area contributed by atoms with E-state index in [0.29, 0.717) is 6.42 Å². The van der Waals surface area contributed by atoms with Crippen LogP contribution in [-0.4, -0.2) is 17.3 Å². The predicted octanol–water partition coefficient (Wildman–Crippen LogP) is 2.32. The Hall–Kier alpha value is -1.44. The molecule has 1 aromatic carbocycles. The zero-order chi connectivity index (χ0) is 12.8. The minimum absolute atomic E-state index is 0.0380. The van der Waals surface area contributed by atoms with Crippen LogP contribution in [0.5, 0.6) is 0 Å². The molecule has 3 rings (SSSR count). The molecule has 0 aliphatic carbocycles. The Labute approximate surface area is 105 Å². The van der Waals surface area contributed by atoms with Crippen molar-refractivity contribution in [2.75, 3.05) is 0 Å². The van der Waals surface area contributed by atoms with Gasteiger partial charge in [0.05, 0.1) is 18.3 Å². The lowest BCUT2D eigenvalue weighted by Crippen LogP contribution is -2.37. The summed E-state index contributed by atoms with van der Waals surface area (Å²) in [7, 11) is 0. The van der Waals surface area contributed by atoms with Gasteiger partial charge in [-0.15, -0.1) is 0 Å². The van der Waals surface area contributed by atoms with Gasteiger partial charge in [0.15, 0.2) is 0 Å². The van der Waals surface area contributed by atoms with Crippen molar-refractivity contribution in [1.82, 2.24) is 0 Å². The Kier molecular flexibility index (Phi) is 2.61. The van der Waals surface area contributed by atoms with Crippen molar-refractivity contribution in [3.63, 3.8) is 0 Å². The Morgan fingerprint density at radius 2 is 2.22 bits per heavy atom. The minimum Gasteiger partial charge on any atom is -0.387 e. The zero-order valence-electron chi connectivity index (χ0n) is 9.84. The number of rotatable bonds is 2. The molecule has 3 nitrogen and oxygen atoms in total. The Balaban J connectivity index is 1.99. The van der Waals surface area contributed by atoms with E-state index in [2.05, 4.69) is 6.07 Å². The molecule has 0 radical (unpaired) electrons. The van der Waals surface area contributed by atoms with E-state index < -0.39 is 17.3 Å². The van der Waals surface area contributed by atoms with E-state index in [0.717, 1.165) is 12.8 Å². The number of ether oxygens (including phenoxy) is 1. The lowest BCUT2D eigenvalue weighted by Gasteiger charge is -2.33. The number of halogens is 1. The molecule has 4 atom stereocenters. The lowest BCUT2D eigenvalue weighted by atomic mass is 9.69. The highest BCUT2D eigenvalue weighted by atomic mass is 19.1. The Bertz CT molecular complexity index is 513. The predicted molar refractivity (Wildman–Crippen MR) is 61.9 cm³/mol. The first-order valence-corrected chi connectivity index (χ1v) is 6.16. The van der Waals surface area contributed by atoms with Crippen LogP contribution < -0.4 is 0 Å².